The number of nitrogens with two attached hydrogens (primary N) is 1. The fourth-order valence-corrected chi connectivity index (χ4v) is 2.02. The monoisotopic (exact) mass is 302 g/mol. The van der Waals surface area contributed by atoms with E-state index in [0.29, 0.717) is 18.8 Å². The number of hydrogen-bond acceptors (Lipinski definition) is 5. The zero-order valence-electron chi connectivity index (χ0n) is 13.1. The highest BCUT2D eigenvalue weighted by Crippen LogP contribution is 2.25. The molecule has 0 aliphatic heterocycles. The van der Waals surface area contributed by atoms with E-state index in [4.69, 9.17) is 10.5 Å². The summed E-state index contributed by atoms with van der Waals surface area (Å²) in [6.07, 6.45) is 1.20. The van der Waals surface area contributed by atoms with Crippen LogP contribution in [0.2, 0.25) is 0 Å². The summed E-state index contributed by atoms with van der Waals surface area (Å²) in [6, 6.07) is 7.79. The van der Waals surface area contributed by atoms with Crippen LogP contribution in [-0.2, 0) is 4.74 Å². The number of alkyl carbamates (subject to hydrolysis) is 1. The molecule has 6 heteroatoms. The third kappa shape index (κ3) is 4.25. The van der Waals surface area contributed by atoms with Crippen LogP contribution in [0.1, 0.15) is 20.8 Å². The number of hydrogen-bond donors (Lipinski definition) is 3. The van der Waals surface area contributed by atoms with Gasteiger partial charge in [0.1, 0.15) is 11.4 Å². The molecule has 0 spiro atoms. The number of amides is 1. The van der Waals surface area contributed by atoms with Gasteiger partial charge in [0.15, 0.2) is 0 Å². The molecule has 1 aromatic heterocycles. The van der Waals surface area contributed by atoms with Gasteiger partial charge in [-0.05, 0) is 20.8 Å². The van der Waals surface area contributed by atoms with Crippen LogP contribution in [0.5, 0.6) is 0 Å². The van der Waals surface area contributed by atoms with E-state index in [2.05, 4.69) is 15.6 Å². The smallest absolute Gasteiger partial charge is 0.407 e. The van der Waals surface area contributed by atoms with E-state index in [0.717, 1.165) is 16.6 Å². The number of pyridine rings is 1. The van der Waals surface area contributed by atoms with Crippen molar-refractivity contribution < 1.29 is 9.53 Å². The lowest BCUT2D eigenvalue weighted by molar-refractivity contribution is 0.0530. The lowest BCUT2D eigenvalue weighted by Crippen LogP contribution is -2.35. The second-order valence-corrected chi connectivity index (χ2v) is 5.96. The summed E-state index contributed by atoms with van der Waals surface area (Å²) < 4.78 is 5.17. The number of aromatic nitrogens is 1. The van der Waals surface area contributed by atoms with Crippen LogP contribution in [0, 0.1) is 0 Å². The molecule has 0 aliphatic rings. The highest BCUT2D eigenvalue weighted by atomic mass is 16.6. The Balaban J connectivity index is 1.91. The highest BCUT2D eigenvalue weighted by molar-refractivity contribution is 5.99. The van der Waals surface area contributed by atoms with Gasteiger partial charge in [0.2, 0.25) is 0 Å². The minimum absolute atomic E-state index is 0.426. The molecule has 6 nitrogen and oxygen atoms in total. The van der Waals surface area contributed by atoms with E-state index in [1.807, 2.05) is 45.0 Å². The number of carbonyl (C=O) groups excluding carboxylic acids is 1. The van der Waals surface area contributed by atoms with Crippen LogP contribution < -0.4 is 16.4 Å². The van der Waals surface area contributed by atoms with E-state index in [-0.39, 0.29) is 0 Å². The van der Waals surface area contributed by atoms with Crippen molar-refractivity contribution in [2.45, 2.75) is 26.4 Å². The predicted octanol–water partition coefficient (Wildman–Crippen LogP) is 2.75. The average molecular weight is 302 g/mol. The number of anilines is 2. The Morgan fingerprint density at radius 1 is 1.23 bits per heavy atom. The third-order valence-corrected chi connectivity index (χ3v) is 2.91. The number of nitrogens with one attached hydrogen (secondary N) is 2. The zero-order chi connectivity index (χ0) is 16.2. The fourth-order valence-electron chi connectivity index (χ4n) is 2.02. The van der Waals surface area contributed by atoms with E-state index in [1.54, 1.807) is 6.20 Å². The van der Waals surface area contributed by atoms with Crippen LogP contribution in [0.3, 0.4) is 0 Å². The molecule has 0 fully saturated rings. The van der Waals surface area contributed by atoms with E-state index < -0.39 is 11.7 Å². The Morgan fingerprint density at radius 3 is 2.59 bits per heavy atom. The molecule has 2 aromatic rings. The topological polar surface area (TPSA) is 89.3 Å². The van der Waals surface area contributed by atoms with Crippen molar-refractivity contribution in [3.63, 3.8) is 0 Å². The number of rotatable bonds is 4. The first kappa shape index (κ1) is 15.9. The molecule has 0 unspecified atom stereocenters. The molecule has 118 valence electrons. The average Bonchev–Trinajstić information content (AvgIpc) is 2.44. The van der Waals surface area contributed by atoms with Gasteiger partial charge in [-0.2, -0.15) is 0 Å². The van der Waals surface area contributed by atoms with Crippen molar-refractivity contribution in [3.05, 3.63) is 30.5 Å². The SMILES string of the molecule is CC(C)(C)OC(=O)NCCNc1ncc(N)c2ccccc12. The number of ether oxygens (including phenoxy) is 1. The predicted molar refractivity (Wildman–Crippen MR) is 88.9 cm³/mol. The summed E-state index contributed by atoms with van der Waals surface area (Å²) in [6.45, 7) is 6.47. The second kappa shape index (κ2) is 6.51. The van der Waals surface area contributed by atoms with Crippen molar-refractivity contribution in [3.8, 4) is 0 Å². The second-order valence-electron chi connectivity index (χ2n) is 5.96. The van der Waals surface area contributed by atoms with Gasteiger partial charge >= 0.3 is 6.09 Å². The van der Waals surface area contributed by atoms with Crippen molar-refractivity contribution in [2.24, 2.45) is 0 Å². The van der Waals surface area contributed by atoms with E-state index in [9.17, 15) is 4.79 Å². The first-order valence-electron chi connectivity index (χ1n) is 7.21. The number of fused-ring (bicyclic) bond motifs is 1. The first-order chi connectivity index (χ1) is 10.4. The van der Waals surface area contributed by atoms with E-state index in [1.165, 1.54) is 0 Å². The maximum Gasteiger partial charge on any atom is 0.407 e. The molecular formula is C16H22N4O2. The van der Waals surface area contributed by atoms with Gasteiger partial charge < -0.3 is 21.1 Å². The Kier molecular flexibility index (Phi) is 4.70. The van der Waals surface area contributed by atoms with Crippen molar-refractivity contribution >= 4 is 28.4 Å². The normalized spacial score (nSPS) is 11.2. The van der Waals surface area contributed by atoms with Crippen molar-refractivity contribution in [2.75, 3.05) is 24.1 Å². The Bertz CT molecular complexity index is 665. The van der Waals surface area contributed by atoms with Crippen LogP contribution in [0.4, 0.5) is 16.3 Å². The summed E-state index contributed by atoms with van der Waals surface area (Å²) in [5.41, 5.74) is 6.07. The van der Waals surface area contributed by atoms with Gasteiger partial charge in [-0.1, -0.05) is 24.3 Å². The standard InChI is InChI=1S/C16H22N4O2/c1-16(2,3)22-15(21)19-9-8-18-14-12-7-5-4-6-11(12)13(17)10-20-14/h4-7,10H,8-9,17H2,1-3H3,(H,18,20)(H,19,21). The summed E-state index contributed by atoms with van der Waals surface area (Å²) >= 11 is 0. The lowest BCUT2D eigenvalue weighted by atomic mass is 10.1. The maximum atomic E-state index is 11.5. The molecule has 22 heavy (non-hydrogen) atoms. The lowest BCUT2D eigenvalue weighted by Gasteiger charge is -2.19. The third-order valence-electron chi connectivity index (χ3n) is 2.91. The minimum atomic E-state index is -0.494. The molecule has 0 aliphatic carbocycles. The molecular weight excluding hydrogens is 280 g/mol. The Labute approximate surface area is 130 Å². The summed E-state index contributed by atoms with van der Waals surface area (Å²) in [5, 5.41) is 7.81. The van der Waals surface area contributed by atoms with Gasteiger partial charge in [0, 0.05) is 23.9 Å². The van der Waals surface area contributed by atoms with Gasteiger partial charge in [-0.3, -0.25) is 0 Å². The van der Waals surface area contributed by atoms with E-state index >= 15 is 0 Å². The highest BCUT2D eigenvalue weighted by Gasteiger charge is 2.15. The fraction of sp³-hybridized carbons (Fsp3) is 0.375. The van der Waals surface area contributed by atoms with Gasteiger partial charge in [-0.15, -0.1) is 0 Å². The number of nitrogens with zero attached hydrogens (tertiary/aromatic N) is 1. The molecule has 4 N–H and O–H groups in total. The Morgan fingerprint density at radius 2 is 1.91 bits per heavy atom. The largest absolute Gasteiger partial charge is 0.444 e. The molecule has 2 rings (SSSR count). The molecule has 0 bridgehead atoms. The Hall–Kier alpha value is -2.50. The molecule has 1 amide bonds. The molecule has 0 radical (unpaired) electrons. The summed E-state index contributed by atoms with van der Waals surface area (Å²) in [4.78, 5) is 15.8. The van der Waals surface area contributed by atoms with Crippen molar-refractivity contribution in [1.82, 2.24) is 10.3 Å². The van der Waals surface area contributed by atoms with Crippen LogP contribution in [0.15, 0.2) is 30.5 Å². The number of carbonyl (C=O) groups is 1. The number of nitrogen functional groups attached to an aromatic ring is 1. The minimum Gasteiger partial charge on any atom is -0.444 e. The van der Waals surface area contributed by atoms with Crippen LogP contribution >= 0.6 is 0 Å². The zero-order valence-corrected chi connectivity index (χ0v) is 13.1. The summed E-state index contributed by atoms with van der Waals surface area (Å²) in [7, 11) is 0. The van der Waals surface area contributed by atoms with Gasteiger partial charge in [0.25, 0.3) is 0 Å². The molecule has 1 heterocycles. The first-order valence-corrected chi connectivity index (χ1v) is 7.21. The molecule has 0 atom stereocenters. The maximum absolute atomic E-state index is 11.5. The van der Waals surface area contributed by atoms with Gasteiger partial charge in [-0.25, -0.2) is 9.78 Å². The van der Waals surface area contributed by atoms with Crippen LogP contribution in [0.25, 0.3) is 10.8 Å². The van der Waals surface area contributed by atoms with Gasteiger partial charge in [0.05, 0.1) is 11.9 Å². The summed E-state index contributed by atoms with van der Waals surface area (Å²) in [5.74, 6) is 0.746. The quantitative estimate of drug-likeness (QED) is 0.756. The van der Waals surface area contributed by atoms with Crippen molar-refractivity contribution in [1.29, 1.82) is 0 Å². The molecule has 1 aromatic carbocycles. The number of benzene rings is 1. The molecule has 0 saturated heterocycles. The van der Waals surface area contributed by atoms with Crippen LogP contribution in [-0.4, -0.2) is 29.8 Å². The molecule has 0 saturated carbocycles.